The zero-order chi connectivity index (χ0) is 19.3. The van der Waals surface area contributed by atoms with Crippen LogP contribution in [0.2, 0.25) is 0 Å². The summed E-state index contributed by atoms with van der Waals surface area (Å²) in [6.45, 7) is 4.13. The number of fused-ring (bicyclic) bond motifs is 3. The fourth-order valence-corrected chi connectivity index (χ4v) is 4.48. The van der Waals surface area contributed by atoms with Gasteiger partial charge < -0.3 is 4.52 Å². The molecule has 0 N–H and O–H groups in total. The molecule has 0 aliphatic heterocycles. The molecular formula is C20H15N5O2S. The minimum atomic E-state index is -0.135. The summed E-state index contributed by atoms with van der Waals surface area (Å²) >= 11 is 1.37. The number of benzene rings is 1. The second-order valence-electron chi connectivity index (χ2n) is 6.60. The zero-order valence-electron chi connectivity index (χ0n) is 15.2. The molecule has 5 aromatic rings. The molecule has 0 aliphatic carbocycles. The Morgan fingerprint density at radius 1 is 1.14 bits per heavy atom. The topological polar surface area (TPSA) is 86.7 Å². The van der Waals surface area contributed by atoms with E-state index in [9.17, 15) is 4.79 Å². The molecule has 5 rings (SSSR count). The smallest absolute Gasteiger partial charge is 0.271 e. The lowest BCUT2D eigenvalue weighted by molar-refractivity contribution is 0.370. The van der Waals surface area contributed by atoms with Gasteiger partial charge in [-0.25, -0.2) is 9.97 Å². The van der Waals surface area contributed by atoms with Gasteiger partial charge in [-0.1, -0.05) is 35.5 Å². The van der Waals surface area contributed by atoms with E-state index in [1.165, 1.54) is 22.2 Å². The third-order valence-corrected chi connectivity index (χ3v) is 5.61. The molecule has 4 heterocycles. The Morgan fingerprint density at radius 2 is 1.96 bits per heavy atom. The van der Waals surface area contributed by atoms with Gasteiger partial charge in [0.05, 0.1) is 11.8 Å². The maximum absolute atomic E-state index is 13.0. The average molecular weight is 389 g/mol. The highest BCUT2D eigenvalue weighted by Crippen LogP contribution is 2.31. The molecule has 0 fully saturated rings. The maximum atomic E-state index is 13.0. The molecule has 4 aromatic heterocycles. The highest BCUT2D eigenvalue weighted by atomic mass is 32.1. The quantitative estimate of drug-likeness (QED) is 0.467. The molecule has 0 spiro atoms. The number of hydrogen-bond donors (Lipinski definition) is 0. The molecule has 0 saturated carbocycles. The molecule has 28 heavy (non-hydrogen) atoms. The lowest BCUT2D eigenvalue weighted by Gasteiger charge is -2.01. The van der Waals surface area contributed by atoms with Crippen LogP contribution in [0.3, 0.4) is 0 Å². The van der Waals surface area contributed by atoms with Crippen LogP contribution in [0.1, 0.15) is 17.1 Å². The molecule has 7 nitrogen and oxygen atoms in total. The normalized spacial score (nSPS) is 11.5. The summed E-state index contributed by atoms with van der Waals surface area (Å²) in [4.78, 5) is 27.3. The Labute approximate surface area is 163 Å². The first-order valence-corrected chi connectivity index (χ1v) is 9.56. The largest absolute Gasteiger partial charge is 0.337 e. The number of aromatic nitrogens is 5. The van der Waals surface area contributed by atoms with Gasteiger partial charge in [-0.3, -0.25) is 9.36 Å². The van der Waals surface area contributed by atoms with Crippen LogP contribution in [0.5, 0.6) is 0 Å². The van der Waals surface area contributed by atoms with Crippen LogP contribution in [0.25, 0.3) is 31.8 Å². The van der Waals surface area contributed by atoms with E-state index in [0.717, 1.165) is 27.0 Å². The standard InChI is InChI=1S/C20H15N5O2S/c1-11-8-12(2)22-19-15(11)16-17(28-19)20(26)25(10-21-16)9-14-23-18(24-27-14)13-6-4-3-5-7-13/h3-8,10H,9H2,1-2H3. The van der Waals surface area contributed by atoms with E-state index in [1.807, 2.05) is 50.2 Å². The number of pyridine rings is 1. The number of nitrogens with zero attached hydrogens (tertiary/aromatic N) is 5. The van der Waals surface area contributed by atoms with Crippen LogP contribution in [-0.4, -0.2) is 24.7 Å². The molecular weight excluding hydrogens is 374 g/mol. The van der Waals surface area contributed by atoms with Crippen molar-refractivity contribution in [3.63, 3.8) is 0 Å². The van der Waals surface area contributed by atoms with Gasteiger partial charge in [0.25, 0.3) is 5.56 Å². The van der Waals surface area contributed by atoms with Crippen molar-refractivity contribution >= 4 is 31.8 Å². The van der Waals surface area contributed by atoms with Crippen molar-refractivity contribution in [3.05, 3.63) is 70.2 Å². The number of aryl methyl sites for hydroxylation is 2. The molecule has 0 atom stereocenters. The van der Waals surface area contributed by atoms with E-state index >= 15 is 0 Å². The van der Waals surface area contributed by atoms with Crippen LogP contribution in [0.4, 0.5) is 0 Å². The zero-order valence-corrected chi connectivity index (χ0v) is 16.0. The molecule has 0 amide bonds. The Kier molecular flexibility index (Phi) is 3.80. The first-order chi connectivity index (χ1) is 13.6. The molecule has 138 valence electrons. The molecule has 0 unspecified atom stereocenters. The van der Waals surface area contributed by atoms with Crippen molar-refractivity contribution in [1.82, 2.24) is 24.7 Å². The Hall–Kier alpha value is -3.39. The average Bonchev–Trinajstić information content (AvgIpc) is 3.29. The van der Waals surface area contributed by atoms with Gasteiger partial charge in [0.2, 0.25) is 11.7 Å². The first-order valence-electron chi connectivity index (χ1n) is 8.74. The maximum Gasteiger partial charge on any atom is 0.271 e. The summed E-state index contributed by atoms with van der Waals surface area (Å²) in [7, 11) is 0. The summed E-state index contributed by atoms with van der Waals surface area (Å²) in [5.74, 6) is 0.850. The van der Waals surface area contributed by atoms with Crippen LogP contribution >= 0.6 is 11.3 Å². The van der Waals surface area contributed by atoms with Gasteiger partial charge in [0.1, 0.15) is 16.1 Å². The van der Waals surface area contributed by atoms with Gasteiger partial charge >= 0.3 is 0 Å². The SMILES string of the molecule is Cc1cc(C)c2c(n1)sc1c(=O)n(Cc3nc(-c4ccccc4)no3)cnc12. The Morgan fingerprint density at radius 3 is 2.79 bits per heavy atom. The fraction of sp³-hybridized carbons (Fsp3) is 0.150. The Balaban J connectivity index is 1.56. The van der Waals surface area contributed by atoms with Crippen molar-refractivity contribution < 1.29 is 4.52 Å². The second kappa shape index (κ2) is 6.35. The Bertz CT molecular complexity index is 1380. The summed E-state index contributed by atoms with van der Waals surface area (Å²) in [5.41, 5.74) is 3.42. The van der Waals surface area contributed by atoms with E-state index < -0.39 is 0 Å². The minimum absolute atomic E-state index is 0.135. The molecule has 0 radical (unpaired) electrons. The van der Waals surface area contributed by atoms with E-state index in [-0.39, 0.29) is 12.1 Å². The molecule has 0 bridgehead atoms. The van der Waals surface area contributed by atoms with Crippen molar-refractivity contribution in [1.29, 1.82) is 0 Å². The third-order valence-electron chi connectivity index (χ3n) is 4.55. The van der Waals surface area contributed by atoms with Gasteiger partial charge in [-0.2, -0.15) is 4.98 Å². The summed E-state index contributed by atoms with van der Waals surface area (Å²) < 4.78 is 7.40. The van der Waals surface area contributed by atoms with E-state index in [4.69, 9.17) is 4.52 Å². The summed E-state index contributed by atoms with van der Waals surface area (Å²) in [6, 6.07) is 11.6. The molecule has 0 saturated heterocycles. The number of thiophene rings is 1. The number of rotatable bonds is 3. The van der Waals surface area contributed by atoms with Crippen molar-refractivity contribution in [3.8, 4) is 11.4 Å². The summed E-state index contributed by atoms with van der Waals surface area (Å²) in [5, 5.41) is 4.94. The molecule has 8 heteroatoms. The molecule has 1 aromatic carbocycles. The lowest BCUT2D eigenvalue weighted by atomic mass is 10.1. The van der Waals surface area contributed by atoms with Gasteiger partial charge in [0, 0.05) is 16.6 Å². The predicted molar refractivity (Wildman–Crippen MR) is 107 cm³/mol. The second-order valence-corrected chi connectivity index (χ2v) is 7.59. The first kappa shape index (κ1) is 16.8. The monoisotopic (exact) mass is 389 g/mol. The predicted octanol–water partition coefficient (Wildman–Crippen LogP) is 3.72. The van der Waals surface area contributed by atoms with Crippen molar-refractivity contribution in [2.24, 2.45) is 0 Å². The van der Waals surface area contributed by atoms with Gasteiger partial charge in [0.15, 0.2) is 0 Å². The van der Waals surface area contributed by atoms with Crippen molar-refractivity contribution in [2.75, 3.05) is 0 Å². The van der Waals surface area contributed by atoms with Crippen LogP contribution < -0.4 is 5.56 Å². The number of hydrogen-bond acceptors (Lipinski definition) is 7. The minimum Gasteiger partial charge on any atom is -0.337 e. The molecule has 0 aliphatic rings. The highest BCUT2D eigenvalue weighted by molar-refractivity contribution is 7.25. The summed E-state index contributed by atoms with van der Waals surface area (Å²) in [6.07, 6.45) is 1.53. The van der Waals surface area contributed by atoms with E-state index in [1.54, 1.807) is 0 Å². The van der Waals surface area contributed by atoms with Crippen molar-refractivity contribution in [2.45, 2.75) is 20.4 Å². The van der Waals surface area contributed by atoms with Gasteiger partial charge in [-0.05, 0) is 25.5 Å². The van der Waals surface area contributed by atoms with E-state index in [0.29, 0.717) is 21.9 Å². The van der Waals surface area contributed by atoms with Crippen LogP contribution in [0, 0.1) is 13.8 Å². The lowest BCUT2D eigenvalue weighted by Crippen LogP contribution is -2.20. The van der Waals surface area contributed by atoms with Crippen LogP contribution in [0.15, 0.2) is 52.0 Å². The van der Waals surface area contributed by atoms with Crippen LogP contribution in [-0.2, 0) is 6.54 Å². The third kappa shape index (κ3) is 2.69. The fourth-order valence-electron chi connectivity index (χ4n) is 3.28. The highest BCUT2D eigenvalue weighted by Gasteiger charge is 2.16. The van der Waals surface area contributed by atoms with E-state index in [2.05, 4.69) is 20.1 Å². The van der Waals surface area contributed by atoms with Gasteiger partial charge in [-0.15, -0.1) is 11.3 Å².